The summed E-state index contributed by atoms with van der Waals surface area (Å²) in [7, 11) is 2.16. The van der Waals surface area contributed by atoms with E-state index in [0.29, 0.717) is 6.29 Å². The predicted octanol–water partition coefficient (Wildman–Crippen LogP) is 4.25. The van der Waals surface area contributed by atoms with Crippen LogP contribution < -0.4 is 0 Å². The molecule has 0 aliphatic carbocycles. The quantitative estimate of drug-likeness (QED) is 0.772. The van der Waals surface area contributed by atoms with Crippen LogP contribution in [0.3, 0.4) is 0 Å². The zero-order chi connectivity index (χ0) is 15.8. The molecule has 0 spiro atoms. The van der Waals surface area contributed by atoms with E-state index in [-0.39, 0.29) is 5.56 Å². The Hall–Kier alpha value is -1.36. The number of alkyl halides is 3. The van der Waals surface area contributed by atoms with Gasteiger partial charge in [0.15, 0.2) is 0 Å². The van der Waals surface area contributed by atoms with E-state index in [1.807, 2.05) is 0 Å². The topological polar surface area (TPSA) is 20.3 Å². The van der Waals surface area contributed by atoms with Gasteiger partial charge in [-0.3, -0.25) is 4.79 Å². The van der Waals surface area contributed by atoms with Gasteiger partial charge in [-0.15, -0.1) is 0 Å². The van der Waals surface area contributed by atoms with Crippen molar-refractivity contribution in [3.05, 3.63) is 35.4 Å². The molecule has 20 heavy (non-hydrogen) atoms. The van der Waals surface area contributed by atoms with Crippen LogP contribution in [0.4, 0.5) is 13.2 Å². The third-order valence-electron chi connectivity index (χ3n) is 3.22. The van der Waals surface area contributed by atoms with E-state index in [4.69, 9.17) is 0 Å². The molecule has 0 aliphatic rings. The minimum Gasteiger partial charge on any atom is -0.304 e. The molecule has 0 amide bonds. The maximum Gasteiger partial charge on any atom is 0.416 e. The highest BCUT2D eigenvalue weighted by Gasteiger charge is 2.29. The third-order valence-corrected chi connectivity index (χ3v) is 3.22. The molecule has 0 heterocycles. The summed E-state index contributed by atoms with van der Waals surface area (Å²) in [5.41, 5.74) is -0.504. The summed E-state index contributed by atoms with van der Waals surface area (Å²) in [6.45, 7) is 7.82. The lowest BCUT2D eigenvalue weighted by molar-refractivity contribution is -0.137. The largest absolute Gasteiger partial charge is 0.416 e. The minimum atomic E-state index is -4.33. The first-order valence-corrected chi connectivity index (χ1v) is 6.58. The molecule has 0 saturated heterocycles. The number of hydrogen-bond donors (Lipinski definition) is 0. The van der Waals surface area contributed by atoms with Gasteiger partial charge in [0, 0.05) is 11.6 Å². The van der Waals surface area contributed by atoms with E-state index in [1.54, 1.807) is 0 Å². The number of carbonyl (C=O) groups is 1. The van der Waals surface area contributed by atoms with Crippen molar-refractivity contribution in [2.75, 3.05) is 13.6 Å². The average molecular weight is 289 g/mol. The van der Waals surface area contributed by atoms with E-state index in [1.165, 1.54) is 6.42 Å². The summed E-state index contributed by atoms with van der Waals surface area (Å²) in [5.74, 6) is 0. The van der Waals surface area contributed by atoms with E-state index < -0.39 is 11.7 Å². The molecule has 0 saturated carbocycles. The molecular formula is C15H22F3NO. The molecule has 1 aromatic rings. The van der Waals surface area contributed by atoms with Gasteiger partial charge in [0.2, 0.25) is 0 Å². The van der Waals surface area contributed by atoms with Crippen molar-refractivity contribution in [1.29, 1.82) is 0 Å². The van der Waals surface area contributed by atoms with E-state index in [2.05, 4.69) is 32.7 Å². The Balaban J connectivity index is 0.000000396. The highest BCUT2D eigenvalue weighted by Crippen LogP contribution is 2.28. The number of benzene rings is 1. The number of halogens is 3. The van der Waals surface area contributed by atoms with Gasteiger partial charge in [0.25, 0.3) is 0 Å². The molecule has 0 bridgehead atoms. The number of nitrogens with zero attached hydrogens (tertiary/aromatic N) is 1. The van der Waals surface area contributed by atoms with Gasteiger partial charge in [-0.2, -0.15) is 13.2 Å². The highest BCUT2D eigenvalue weighted by molar-refractivity contribution is 5.74. The fourth-order valence-corrected chi connectivity index (χ4v) is 1.37. The molecule has 1 atom stereocenters. The van der Waals surface area contributed by atoms with Crippen molar-refractivity contribution in [3.8, 4) is 0 Å². The smallest absolute Gasteiger partial charge is 0.304 e. The number of carbonyl (C=O) groups excluding carboxylic acids is 1. The SMILES string of the molecule is CCC(C)N(C)CC.O=Cc1ccc(C(F)(F)F)cc1. The number of rotatable bonds is 4. The van der Waals surface area contributed by atoms with Gasteiger partial charge >= 0.3 is 6.18 Å². The molecule has 1 unspecified atom stereocenters. The van der Waals surface area contributed by atoms with Gasteiger partial charge in [-0.1, -0.05) is 26.0 Å². The highest BCUT2D eigenvalue weighted by atomic mass is 19.4. The first kappa shape index (κ1) is 18.6. The summed E-state index contributed by atoms with van der Waals surface area (Å²) in [6.07, 6.45) is -2.58. The fraction of sp³-hybridized carbons (Fsp3) is 0.533. The van der Waals surface area contributed by atoms with Gasteiger partial charge in [0.05, 0.1) is 5.56 Å². The molecular weight excluding hydrogens is 267 g/mol. The summed E-state index contributed by atoms with van der Waals surface area (Å²) in [6, 6.07) is 4.78. The van der Waals surface area contributed by atoms with Crippen LogP contribution in [0.15, 0.2) is 24.3 Å². The van der Waals surface area contributed by atoms with Crippen LogP contribution in [0.25, 0.3) is 0 Å². The molecule has 1 aromatic carbocycles. The lowest BCUT2D eigenvalue weighted by atomic mass is 10.1. The molecule has 1 rings (SSSR count). The maximum atomic E-state index is 11.9. The maximum absolute atomic E-state index is 11.9. The lowest BCUT2D eigenvalue weighted by Crippen LogP contribution is -2.27. The van der Waals surface area contributed by atoms with Crippen molar-refractivity contribution in [2.24, 2.45) is 0 Å². The van der Waals surface area contributed by atoms with Crippen LogP contribution in [-0.4, -0.2) is 30.8 Å². The van der Waals surface area contributed by atoms with Crippen LogP contribution in [-0.2, 0) is 6.18 Å². The van der Waals surface area contributed by atoms with E-state index in [0.717, 1.165) is 36.9 Å². The van der Waals surface area contributed by atoms with Gasteiger partial charge in [0.1, 0.15) is 6.29 Å². The molecule has 0 radical (unpaired) electrons. The first-order chi connectivity index (χ1) is 9.26. The Morgan fingerprint density at radius 2 is 1.70 bits per heavy atom. The summed E-state index contributed by atoms with van der Waals surface area (Å²) < 4.78 is 35.8. The van der Waals surface area contributed by atoms with Gasteiger partial charge < -0.3 is 4.90 Å². The Morgan fingerprint density at radius 1 is 1.20 bits per heavy atom. The van der Waals surface area contributed by atoms with Crippen molar-refractivity contribution in [3.63, 3.8) is 0 Å². The van der Waals surface area contributed by atoms with Crippen LogP contribution in [0, 0.1) is 0 Å². The molecule has 0 fully saturated rings. The van der Waals surface area contributed by atoms with Crippen molar-refractivity contribution in [1.82, 2.24) is 4.90 Å². The second-order valence-electron chi connectivity index (χ2n) is 4.57. The van der Waals surface area contributed by atoms with Crippen LogP contribution in [0.1, 0.15) is 43.1 Å². The second-order valence-corrected chi connectivity index (χ2v) is 4.57. The predicted molar refractivity (Wildman–Crippen MR) is 74.9 cm³/mol. The van der Waals surface area contributed by atoms with Crippen molar-refractivity contribution < 1.29 is 18.0 Å². The third kappa shape index (κ3) is 6.70. The molecule has 0 N–H and O–H groups in total. The summed E-state index contributed by atoms with van der Waals surface area (Å²) in [4.78, 5) is 12.4. The normalized spacial score (nSPS) is 12.6. The monoisotopic (exact) mass is 289 g/mol. The molecule has 2 nitrogen and oxygen atoms in total. The zero-order valence-corrected chi connectivity index (χ0v) is 12.4. The van der Waals surface area contributed by atoms with Crippen LogP contribution in [0.2, 0.25) is 0 Å². The number of aldehydes is 1. The molecule has 114 valence electrons. The zero-order valence-electron chi connectivity index (χ0n) is 12.4. The standard InChI is InChI=1S/C8H5F3O.C7H17N/c9-8(10,11)7-3-1-6(5-12)2-4-7;1-5-7(3)8(4)6-2/h1-5H;7H,5-6H2,1-4H3. The van der Waals surface area contributed by atoms with Crippen LogP contribution in [0.5, 0.6) is 0 Å². The fourth-order valence-electron chi connectivity index (χ4n) is 1.37. The second kappa shape index (κ2) is 8.74. The van der Waals surface area contributed by atoms with Crippen molar-refractivity contribution >= 4 is 6.29 Å². The Labute approximate surface area is 118 Å². The van der Waals surface area contributed by atoms with Gasteiger partial charge in [-0.25, -0.2) is 0 Å². The summed E-state index contributed by atoms with van der Waals surface area (Å²) >= 11 is 0. The van der Waals surface area contributed by atoms with Gasteiger partial charge in [-0.05, 0) is 39.1 Å². The average Bonchev–Trinajstić information content (AvgIpc) is 2.45. The van der Waals surface area contributed by atoms with Crippen molar-refractivity contribution in [2.45, 2.75) is 39.4 Å². The molecule has 0 aliphatic heterocycles. The first-order valence-electron chi connectivity index (χ1n) is 6.58. The Bertz CT molecular complexity index is 379. The van der Waals surface area contributed by atoms with Crippen LogP contribution >= 0.6 is 0 Å². The Morgan fingerprint density at radius 3 is 1.95 bits per heavy atom. The molecule has 5 heteroatoms. The van der Waals surface area contributed by atoms with E-state index in [9.17, 15) is 18.0 Å². The molecule has 0 aromatic heterocycles. The lowest BCUT2D eigenvalue weighted by Gasteiger charge is -2.20. The number of hydrogen-bond acceptors (Lipinski definition) is 2. The summed E-state index contributed by atoms with van der Waals surface area (Å²) in [5, 5.41) is 0. The Kier molecular flexibility index (Phi) is 8.15. The minimum absolute atomic E-state index is 0.239. The van der Waals surface area contributed by atoms with E-state index >= 15 is 0 Å².